The Morgan fingerprint density at radius 1 is 1.15 bits per heavy atom. The molecule has 7 N–H and O–H groups in total. The van der Waals surface area contributed by atoms with Crippen LogP contribution in [-0.2, 0) is 23.4 Å². The summed E-state index contributed by atoms with van der Waals surface area (Å²) >= 11 is 0. The van der Waals surface area contributed by atoms with Gasteiger partial charge in [-0.2, -0.15) is 0 Å². The summed E-state index contributed by atoms with van der Waals surface area (Å²) in [4.78, 5) is 20.7. The molecule has 0 saturated heterocycles. The number of benzene rings is 2. The van der Waals surface area contributed by atoms with Crippen molar-refractivity contribution in [2.24, 2.45) is 33.9 Å². The topological polar surface area (TPSA) is 170 Å². The van der Waals surface area contributed by atoms with E-state index in [2.05, 4.69) is 40.3 Å². The lowest BCUT2D eigenvalue weighted by atomic mass is 9.73. The largest absolute Gasteiger partial charge is 0.508 e. The average Bonchev–Trinajstić information content (AvgIpc) is 3.98. The summed E-state index contributed by atoms with van der Waals surface area (Å²) in [5.74, 6) is 11.4. The van der Waals surface area contributed by atoms with Gasteiger partial charge >= 0.3 is 0 Å². The number of nitrogens with zero attached hydrogens (tertiary/aromatic N) is 2. The van der Waals surface area contributed by atoms with Crippen LogP contribution in [0.3, 0.4) is 0 Å². The Labute approximate surface area is 364 Å². The number of aliphatic hydroxyl groups is 3. The second-order valence-corrected chi connectivity index (χ2v) is 20.5. The Morgan fingerprint density at radius 2 is 1.98 bits per heavy atom. The number of nitrogens with two attached hydrogens (primary N) is 1. The van der Waals surface area contributed by atoms with Gasteiger partial charge in [0.05, 0.1) is 42.0 Å². The van der Waals surface area contributed by atoms with E-state index in [0.717, 1.165) is 70.5 Å². The Hall–Kier alpha value is -4.18. The van der Waals surface area contributed by atoms with Crippen molar-refractivity contribution in [1.29, 1.82) is 0 Å². The van der Waals surface area contributed by atoms with Crippen LogP contribution in [0.15, 0.2) is 58.9 Å². The minimum absolute atomic E-state index is 0.0223. The van der Waals surface area contributed by atoms with E-state index in [0.29, 0.717) is 48.6 Å². The van der Waals surface area contributed by atoms with Gasteiger partial charge in [0.2, 0.25) is 0 Å². The number of Topliss-reactive ketones (excluding diaryl/α,β-unsaturated/α-hetero) is 1. The fourth-order valence-corrected chi connectivity index (χ4v) is 13.3. The monoisotopic (exact) mass is 860 g/mol. The molecule has 1 spiro atoms. The Kier molecular flexibility index (Phi) is 11.1. The lowest BCUT2D eigenvalue weighted by Gasteiger charge is -2.39. The van der Waals surface area contributed by atoms with Gasteiger partial charge in [-0.1, -0.05) is 83.4 Å². The van der Waals surface area contributed by atoms with Crippen LogP contribution < -0.4 is 20.5 Å². The zero-order valence-electron chi connectivity index (χ0n) is 34.2. The molecular weight excluding hydrogens is 809 g/mol. The number of hydrogen-bond donors (Lipinski definition) is 6. The maximum atomic E-state index is 13.6. The van der Waals surface area contributed by atoms with Crippen molar-refractivity contribution < 1.29 is 34.7 Å². The summed E-state index contributed by atoms with van der Waals surface area (Å²) in [6.07, 6.45) is 11.9. The van der Waals surface area contributed by atoms with E-state index in [1.54, 1.807) is 27.7 Å². The number of fused-ring (bicyclic) bond motifs is 4. The normalized spacial score (nSPS) is 30.7. The molecule has 7 aliphatic heterocycles. The summed E-state index contributed by atoms with van der Waals surface area (Å²) < 4.78 is 13.7. The molecule has 318 valence electrons. The third-order valence-corrected chi connectivity index (χ3v) is 16.5. The molecule has 2 aliphatic carbocycles. The molecule has 61 heavy (non-hydrogen) atoms. The first-order valence-corrected chi connectivity index (χ1v) is 24.2. The van der Waals surface area contributed by atoms with Crippen molar-refractivity contribution in [2.45, 2.75) is 107 Å². The number of aromatic hydroxyl groups is 1. The van der Waals surface area contributed by atoms with Crippen molar-refractivity contribution in [2.75, 3.05) is 18.8 Å². The molecule has 0 aromatic heterocycles. The van der Waals surface area contributed by atoms with Crippen LogP contribution >= 0.6 is 21.6 Å². The van der Waals surface area contributed by atoms with Crippen LogP contribution in [-0.4, -0.2) is 74.1 Å². The van der Waals surface area contributed by atoms with Gasteiger partial charge in [0.15, 0.2) is 17.7 Å². The molecule has 0 amide bonds. The predicted octanol–water partition coefficient (Wildman–Crippen LogP) is 5.82. The molecule has 2 aromatic carbocycles. The fourth-order valence-electron chi connectivity index (χ4n) is 10.8. The molecule has 0 radical (unpaired) electrons. The highest BCUT2D eigenvalue weighted by molar-refractivity contribution is 8.76. The molecule has 9 aliphatic rings. The number of allylic oxidation sites excluding steroid dienone is 2. The highest BCUT2D eigenvalue weighted by atomic mass is 33.1. The van der Waals surface area contributed by atoms with Crippen molar-refractivity contribution in [3.63, 3.8) is 0 Å². The standard InChI is InChI=1S/C48H52N4O7S2/c1-26-4-6-32(40(55)16-26)41(56)18-29(53)5-7-31-36-25-61-60-24-28-21-51-46(49)33-9-8-30-34(44(28)33)17-27-20-50-38-23-52(22-35(27)38)47-37(10-11-39(30)54)48(12-2-3-13-48)14-15-58-43(19-42(31)57)45(36)59-47/h4,6,8-9,19-20,22,26,28,32,37,39-41,46-47,51,54-57H,2-3,5,7,12-13,16-18,21,23-25,49H2,1H3/t26-,28+,32-,37+,39-,40-,41+,46+,47+/m1/s1. The summed E-state index contributed by atoms with van der Waals surface area (Å²) in [6, 6.07) is 5.59. The van der Waals surface area contributed by atoms with Gasteiger partial charge in [0.25, 0.3) is 0 Å². The molecule has 8 bridgehead atoms. The van der Waals surface area contributed by atoms with Gasteiger partial charge in [0.1, 0.15) is 23.7 Å². The number of carbonyl (C=O) groups excluding carboxylic acids is 1. The van der Waals surface area contributed by atoms with Crippen LogP contribution in [0.5, 0.6) is 17.2 Å². The van der Waals surface area contributed by atoms with Gasteiger partial charge in [-0.15, -0.1) is 0 Å². The molecule has 9 atom stereocenters. The lowest BCUT2D eigenvalue weighted by molar-refractivity contribution is -0.122. The molecule has 13 heteroatoms. The quantitative estimate of drug-likeness (QED) is 0.117. The number of ether oxygens (including phenoxy) is 2. The third-order valence-electron chi connectivity index (χ3n) is 14.1. The van der Waals surface area contributed by atoms with Gasteiger partial charge in [-0.05, 0) is 59.4 Å². The van der Waals surface area contributed by atoms with E-state index in [1.165, 1.54) is 0 Å². The highest BCUT2D eigenvalue weighted by Gasteiger charge is 2.49. The number of aliphatic imine (C=N–C) groups is 1. The second kappa shape index (κ2) is 16.5. The first kappa shape index (κ1) is 40.9. The van der Waals surface area contributed by atoms with Crippen molar-refractivity contribution in [3.8, 4) is 41.1 Å². The van der Waals surface area contributed by atoms with E-state index in [9.17, 15) is 25.2 Å². The zero-order valence-corrected chi connectivity index (χ0v) is 35.9. The van der Waals surface area contributed by atoms with E-state index in [4.69, 9.17) is 20.2 Å². The Bertz CT molecular complexity index is 2400. The average molecular weight is 861 g/mol. The SMILES string of the molecule is C[C@@H]1C=C[C@@H]([C@@H](O)CC(=O)CCc2c(O)cc3c4c2CSSC[C@@H]2CN[C@H](N)c5ccc6c(c52)CC2=CN=C5CN(C=C25)[C@@H](O4)[C@H](C#C[C@H]6O)C2(C#CO3)CCCC2)[C@H](O)C1. The van der Waals surface area contributed by atoms with Gasteiger partial charge in [-0.25, -0.2) is 0 Å². The number of ketones is 1. The maximum absolute atomic E-state index is 13.6. The number of hydrogen-bond acceptors (Lipinski definition) is 13. The second-order valence-electron chi connectivity index (χ2n) is 18.0. The molecule has 0 unspecified atom stereocenters. The van der Waals surface area contributed by atoms with Crippen molar-refractivity contribution >= 4 is 33.1 Å². The van der Waals surface area contributed by atoms with Crippen molar-refractivity contribution in [1.82, 2.24) is 10.2 Å². The molecular formula is C48H52N4O7S2. The summed E-state index contributed by atoms with van der Waals surface area (Å²) in [6.45, 7) is 3.16. The van der Waals surface area contributed by atoms with E-state index in [-0.39, 0.29) is 54.5 Å². The van der Waals surface area contributed by atoms with Crippen LogP contribution in [0.25, 0.3) is 0 Å². The Balaban J connectivity index is 1.10. The number of phenolic OH excluding ortho intramolecular Hbond substituents is 1. The Morgan fingerprint density at radius 3 is 2.82 bits per heavy atom. The molecule has 11 rings (SSSR count). The summed E-state index contributed by atoms with van der Waals surface area (Å²) in [7, 11) is 3.36. The smallest absolute Gasteiger partial charge is 0.187 e. The highest BCUT2D eigenvalue weighted by Crippen LogP contribution is 2.52. The molecule has 2 aromatic rings. The molecule has 1 fully saturated rings. The molecule has 11 nitrogen and oxygen atoms in total. The van der Waals surface area contributed by atoms with Crippen molar-refractivity contribution in [3.05, 3.63) is 87.3 Å². The van der Waals surface area contributed by atoms with Crippen LogP contribution in [0, 0.1) is 47.0 Å². The lowest BCUT2D eigenvalue weighted by Crippen LogP contribution is -2.47. The number of aliphatic hydroxyl groups excluding tert-OH is 3. The number of rotatable bonds is 6. The summed E-state index contributed by atoms with van der Waals surface area (Å²) in [5.41, 5.74) is 14.5. The fraction of sp³-hybridized carbons (Fsp3) is 0.500. The van der Waals surface area contributed by atoms with E-state index in [1.807, 2.05) is 37.4 Å². The van der Waals surface area contributed by atoms with E-state index < -0.39 is 41.8 Å². The first-order chi connectivity index (χ1) is 29.6. The van der Waals surface area contributed by atoms with E-state index >= 15 is 0 Å². The van der Waals surface area contributed by atoms with Crippen LogP contribution in [0.1, 0.15) is 103 Å². The van der Waals surface area contributed by atoms with Crippen LogP contribution in [0.2, 0.25) is 0 Å². The maximum Gasteiger partial charge on any atom is 0.187 e. The zero-order chi connectivity index (χ0) is 42.0. The number of phenols is 1. The minimum atomic E-state index is -1.08. The van der Waals surface area contributed by atoms with Gasteiger partial charge < -0.3 is 40.5 Å². The van der Waals surface area contributed by atoms with Gasteiger partial charge in [-0.3, -0.25) is 15.1 Å². The van der Waals surface area contributed by atoms with Gasteiger partial charge in [0, 0.05) is 84.3 Å². The minimum Gasteiger partial charge on any atom is -0.508 e. The summed E-state index contributed by atoms with van der Waals surface area (Å²) in [5, 5.41) is 49.3. The first-order valence-electron chi connectivity index (χ1n) is 21.7. The number of carbonyl (C=O) groups is 1. The predicted molar refractivity (Wildman–Crippen MR) is 236 cm³/mol. The van der Waals surface area contributed by atoms with Crippen LogP contribution in [0.4, 0.5) is 0 Å². The number of nitrogens with one attached hydrogen (secondary N) is 1. The molecule has 7 heterocycles. The third kappa shape index (κ3) is 7.50. The molecule has 1 saturated carbocycles.